The molecule has 1 amide bonds. The van der Waals surface area contributed by atoms with Crippen LogP contribution in [0.25, 0.3) is 0 Å². The number of hydrogen-bond donors (Lipinski definition) is 2. The van der Waals surface area contributed by atoms with Crippen molar-refractivity contribution >= 4 is 22.3 Å². The molecule has 2 N–H and O–H groups in total. The van der Waals surface area contributed by atoms with E-state index in [4.69, 9.17) is 5.11 Å². The van der Waals surface area contributed by atoms with E-state index in [1.807, 2.05) is 0 Å². The van der Waals surface area contributed by atoms with E-state index in [0.717, 1.165) is 4.31 Å². The van der Waals surface area contributed by atoms with Crippen molar-refractivity contribution in [3.8, 4) is 0 Å². The van der Waals surface area contributed by atoms with Crippen molar-refractivity contribution in [2.75, 3.05) is 13.2 Å². The lowest BCUT2D eigenvalue weighted by molar-refractivity contribution is -0.144. The molecule has 2 unspecified atom stereocenters. The second-order valence-electron chi connectivity index (χ2n) is 4.34. The van der Waals surface area contributed by atoms with Crippen molar-refractivity contribution in [2.45, 2.75) is 32.7 Å². The van der Waals surface area contributed by atoms with Gasteiger partial charge < -0.3 is 9.84 Å². The summed E-state index contributed by atoms with van der Waals surface area (Å²) in [4.78, 5) is 22.4. The molecule has 0 bridgehead atoms. The quantitative estimate of drug-likeness (QED) is 0.763. The molecule has 1 saturated heterocycles. The molecule has 1 aliphatic rings. The Bertz CT molecular complexity index is 449. The van der Waals surface area contributed by atoms with Gasteiger partial charge >= 0.3 is 22.3 Å². The molecule has 0 aliphatic carbocycles. The summed E-state index contributed by atoms with van der Waals surface area (Å²) in [6, 6.07) is -1.17. The molecule has 0 saturated carbocycles. The highest BCUT2D eigenvalue weighted by atomic mass is 32.2. The van der Waals surface area contributed by atoms with Gasteiger partial charge in [-0.25, -0.2) is 9.52 Å². The van der Waals surface area contributed by atoms with Crippen LogP contribution in [0.2, 0.25) is 0 Å². The van der Waals surface area contributed by atoms with E-state index in [1.165, 1.54) is 6.92 Å². The molecule has 0 aromatic carbocycles. The van der Waals surface area contributed by atoms with Crippen LogP contribution in [0.1, 0.15) is 26.7 Å². The van der Waals surface area contributed by atoms with Gasteiger partial charge in [-0.1, -0.05) is 6.92 Å². The van der Waals surface area contributed by atoms with Gasteiger partial charge in [0.25, 0.3) is 0 Å². The normalized spacial score (nSPS) is 24.7. The van der Waals surface area contributed by atoms with Crippen LogP contribution >= 0.6 is 0 Å². The maximum absolute atomic E-state index is 12.0. The van der Waals surface area contributed by atoms with Crippen LogP contribution in [0, 0.1) is 5.92 Å². The summed E-state index contributed by atoms with van der Waals surface area (Å²) in [5.74, 6) is -1.54. The lowest BCUT2D eigenvalue weighted by atomic mass is 9.93. The molecule has 1 rings (SSSR count). The zero-order valence-corrected chi connectivity index (χ0v) is 11.6. The predicted molar refractivity (Wildman–Crippen MR) is 65.6 cm³/mol. The molecule has 0 aromatic rings. The molecule has 1 aliphatic heterocycles. The largest absolute Gasteiger partial charge is 0.480 e. The van der Waals surface area contributed by atoms with Crippen LogP contribution in [-0.4, -0.2) is 49.1 Å². The Morgan fingerprint density at radius 2 is 2.11 bits per heavy atom. The number of carboxylic acid groups (broad SMARTS) is 1. The summed E-state index contributed by atoms with van der Waals surface area (Å²) in [7, 11) is -4.20. The minimum Gasteiger partial charge on any atom is -0.480 e. The summed E-state index contributed by atoms with van der Waals surface area (Å²) in [6.07, 6.45) is 0.0710. The maximum atomic E-state index is 12.0. The first-order valence-electron chi connectivity index (χ1n) is 5.98. The number of carboxylic acids is 1. The number of aliphatic carboxylic acids is 1. The number of ether oxygens (including phenoxy) is 1. The van der Waals surface area contributed by atoms with E-state index in [2.05, 4.69) is 4.74 Å². The van der Waals surface area contributed by atoms with Crippen molar-refractivity contribution in [3.05, 3.63) is 0 Å². The first-order valence-corrected chi connectivity index (χ1v) is 7.42. The van der Waals surface area contributed by atoms with Gasteiger partial charge in [0.15, 0.2) is 0 Å². The predicted octanol–water partition coefficient (Wildman–Crippen LogP) is 0.162. The highest BCUT2D eigenvalue weighted by Gasteiger charge is 2.41. The molecular formula is C10H18N2O6S. The van der Waals surface area contributed by atoms with E-state index >= 15 is 0 Å². The number of piperidine rings is 1. The average molecular weight is 294 g/mol. The SMILES string of the molecule is CCOC(=O)NS(=O)(=O)N1CCCC(C)C1C(=O)O. The van der Waals surface area contributed by atoms with Crippen LogP contribution in [0.15, 0.2) is 0 Å². The van der Waals surface area contributed by atoms with Crippen molar-refractivity contribution in [2.24, 2.45) is 5.92 Å². The van der Waals surface area contributed by atoms with Gasteiger partial charge in [-0.3, -0.25) is 4.79 Å². The molecule has 110 valence electrons. The van der Waals surface area contributed by atoms with Gasteiger partial charge in [0.05, 0.1) is 6.61 Å². The highest BCUT2D eigenvalue weighted by Crippen LogP contribution is 2.25. The van der Waals surface area contributed by atoms with E-state index < -0.39 is 28.3 Å². The first-order chi connectivity index (χ1) is 8.79. The molecular weight excluding hydrogens is 276 g/mol. The Morgan fingerprint density at radius 1 is 1.47 bits per heavy atom. The highest BCUT2D eigenvalue weighted by molar-refractivity contribution is 7.87. The topological polar surface area (TPSA) is 113 Å². The zero-order chi connectivity index (χ0) is 14.6. The number of nitrogens with one attached hydrogen (secondary N) is 1. The van der Waals surface area contributed by atoms with Crippen LogP contribution in [-0.2, 0) is 19.7 Å². The first kappa shape index (κ1) is 15.7. The fraction of sp³-hybridized carbons (Fsp3) is 0.800. The van der Waals surface area contributed by atoms with Crippen LogP contribution in [0.4, 0.5) is 4.79 Å². The lowest BCUT2D eigenvalue weighted by Gasteiger charge is -2.35. The van der Waals surface area contributed by atoms with Crippen molar-refractivity contribution in [3.63, 3.8) is 0 Å². The van der Waals surface area contributed by atoms with Crippen molar-refractivity contribution < 1.29 is 27.9 Å². The minimum absolute atomic E-state index is 0.0279. The van der Waals surface area contributed by atoms with Gasteiger partial charge in [0, 0.05) is 6.54 Å². The fourth-order valence-corrected chi connectivity index (χ4v) is 3.46. The second kappa shape index (κ2) is 6.20. The number of amides is 1. The third-order valence-corrected chi connectivity index (χ3v) is 4.39. The number of rotatable bonds is 4. The monoisotopic (exact) mass is 294 g/mol. The van der Waals surface area contributed by atoms with E-state index in [0.29, 0.717) is 12.8 Å². The minimum atomic E-state index is -4.20. The summed E-state index contributed by atoms with van der Waals surface area (Å²) < 4.78 is 31.0. The number of carbonyl (C=O) groups excluding carboxylic acids is 1. The average Bonchev–Trinajstić information content (AvgIpc) is 2.27. The molecule has 0 radical (unpaired) electrons. The molecule has 19 heavy (non-hydrogen) atoms. The molecule has 2 atom stereocenters. The zero-order valence-electron chi connectivity index (χ0n) is 10.8. The number of hydrogen-bond acceptors (Lipinski definition) is 5. The van der Waals surface area contributed by atoms with Gasteiger partial charge in [0.2, 0.25) is 0 Å². The fourth-order valence-electron chi connectivity index (χ4n) is 2.11. The molecule has 0 aromatic heterocycles. The third kappa shape index (κ3) is 3.80. The summed E-state index contributed by atoms with van der Waals surface area (Å²) in [5, 5.41) is 9.13. The van der Waals surface area contributed by atoms with Gasteiger partial charge in [-0.05, 0) is 25.7 Å². The van der Waals surface area contributed by atoms with Gasteiger partial charge in [-0.15, -0.1) is 0 Å². The van der Waals surface area contributed by atoms with Crippen molar-refractivity contribution in [1.82, 2.24) is 9.03 Å². The molecule has 8 nitrogen and oxygen atoms in total. The molecule has 1 fully saturated rings. The number of carbonyl (C=O) groups is 2. The van der Waals surface area contributed by atoms with Crippen LogP contribution in [0.5, 0.6) is 0 Å². The third-order valence-electron chi connectivity index (χ3n) is 2.94. The second-order valence-corrected chi connectivity index (χ2v) is 5.96. The molecule has 1 heterocycles. The van der Waals surface area contributed by atoms with Crippen LogP contribution < -0.4 is 4.72 Å². The smallest absolute Gasteiger partial charge is 0.421 e. The maximum Gasteiger partial charge on any atom is 0.421 e. The van der Waals surface area contributed by atoms with Gasteiger partial charge in [0.1, 0.15) is 6.04 Å². The Balaban J connectivity index is 2.91. The van der Waals surface area contributed by atoms with E-state index in [9.17, 15) is 18.0 Å². The summed E-state index contributed by atoms with van der Waals surface area (Å²) >= 11 is 0. The van der Waals surface area contributed by atoms with E-state index in [1.54, 1.807) is 11.6 Å². The molecule has 0 spiro atoms. The summed E-state index contributed by atoms with van der Waals surface area (Å²) in [6.45, 7) is 3.30. The molecule has 9 heteroatoms. The van der Waals surface area contributed by atoms with E-state index in [-0.39, 0.29) is 19.1 Å². The summed E-state index contributed by atoms with van der Waals surface area (Å²) in [5.41, 5.74) is 0. The standard InChI is InChI=1S/C10H18N2O6S/c1-3-18-10(15)11-19(16,17)12-6-4-5-7(2)8(12)9(13)14/h7-8H,3-6H2,1-2H3,(H,11,15)(H,13,14). The Labute approximate surface area is 111 Å². The Hall–Kier alpha value is -1.35. The Kier molecular flexibility index (Phi) is 5.12. The number of nitrogens with zero attached hydrogens (tertiary/aromatic N) is 1. The van der Waals surface area contributed by atoms with Crippen LogP contribution in [0.3, 0.4) is 0 Å². The lowest BCUT2D eigenvalue weighted by Crippen LogP contribution is -2.56. The van der Waals surface area contributed by atoms with Gasteiger partial charge in [-0.2, -0.15) is 12.7 Å². The Morgan fingerprint density at radius 3 is 2.63 bits per heavy atom. The van der Waals surface area contributed by atoms with Crippen molar-refractivity contribution in [1.29, 1.82) is 0 Å².